The maximum absolute atomic E-state index is 6.13. The smallest absolute Gasteiger partial charge is 0.0538 e. The average Bonchev–Trinajstić information content (AvgIpc) is 2.86. The van der Waals surface area contributed by atoms with Crippen LogP contribution in [0.2, 0.25) is 0 Å². The Morgan fingerprint density at radius 2 is 2.14 bits per heavy atom. The van der Waals surface area contributed by atoms with Gasteiger partial charge in [0.25, 0.3) is 0 Å². The number of nitrogens with zero attached hydrogens (tertiary/aromatic N) is 4. The van der Waals surface area contributed by atoms with Crippen LogP contribution in [-0.4, -0.2) is 58.8 Å². The van der Waals surface area contributed by atoms with E-state index < -0.39 is 0 Å². The molecule has 0 aliphatic carbocycles. The molecule has 2 N–H and O–H groups in total. The Hall–Kier alpha value is -0.910. The largest absolute Gasteiger partial charge is 0.329 e. The van der Waals surface area contributed by atoms with E-state index in [1.807, 2.05) is 10.9 Å². The summed E-state index contributed by atoms with van der Waals surface area (Å²) in [5, 5.41) is 4.49. The van der Waals surface area contributed by atoms with E-state index in [0.717, 1.165) is 13.1 Å². The predicted octanol–water partition coefficient (Wildman–Crippen LogP) is 1.88. The number of nitrogens with two attached hydrogens (primary N) is 1. The van der Waals surface area contributed by atoms with Crippen LogP contribution in [0.4, 0.5) is 0 Å². The first kappa shape index (κ1) is 16.5. The second kappa shape index (κ2) is 7.38. The Labute approximate surface area is 129 Å². The molecule has 5 nitrogen and oxygen atoms in total. The van der Waals surface area contributed by atoms with Gasteiger partial charge in [-0.05, 0) is 40.3 Å². The molecule has 0 bridgehead atoms. The first-order valence-corrected chi connectivity index (χ1v) is 8.25. The lowest BCUT2D eigenvalue weighted by Gasteiger charge is -2.36. The van der Waals surface area contributed by atoms with E-state index in [9.17, 15) is 0 Å². The molecule has 0 saturated carbocycles. The minimum absolute atomic E-state index is 0.286. The third-order valence-corrected chi connectivity index (χ3v) is 4.58. The number of hydrogen-bond donors (Lipinski definition) is 1. The van der Waals surface area contributed by atoms with Gasteiger partial charge in [-0.15, -0.1) is 0 Å². The van der Waals surface area contributed by atoms with Crippen LogP contribution in [0.1, 0.15) is 51.3 Å². The molecule has 1 fully saturated rings. The summed E-state index contributed by atoms with van der Waals surface area (Å²) in [6, 6.07) is 1.26. The van der Waals surface area contributed by atoms with Gasteiger partial charge < -0.3 is 10.6 Å². The predicted molar refractivity (Wildman–Crippen MR) is 87.3 cm³/mol. The van der Waals surface area contributed by atoms with E-state index in [2.05, 4.69) is 48.9 Å². The quantitative estimate of drug-likeness (QED) is 0.900. The van der Waals surface area contributed by atoms with Gasteiger partial charge in [0.15, 0.2) is 0 Å². The molecular weight excluding hydrogens is 262 g/mol. The molecule has 0 amide bonds. The lowest BCUT2D eigenvalue weighted by atomic mass is 10.0. The van der Waals surface area contributed by atoms with Crippen molar-refractivity contribution in [1.29, 1.82) is 0 Å². The number of likely N-dealkylation sites (N-methyl/N-ethyl adjacent to an activating group) is 1. The highest BCUT2D eigenvalue weighted by Crippen LogP contribution is 2.26. The molecule has 21 heavy (non-hydrogen) atoms. The maximum atomic E-state index is 6.13. The van der Waals surface area contributed by atoms with E-state index in [1.165, 1.54) is 24.9 Å². The lowest BCUT2D eigenvalue weighted by molar-refractivity contribution is 0.131. The number of hydrogen-bond acceptors (Lipinski definition) is 4. The van der Waals surface area contributed by atoms with Crippen LogP contribution in [-0.2, 0) is 0 Å². The fraction of sp³-hybridized carbons (Fsp3) is 0.812. The summed E-state index contributed by atoms with van der Waals surface area (Å²) in [6.07, 6.45) is 6.54. The van der Waals surface area contributed by atoms with Crippen LogP contribution in [0.25, 0.3) is 0 Å². The highest BCUT2D eigenvalue weighted by molar-refractivity contribution is 5.12. The molecule has 1 saturated heterocycles. The van der Waals surface area contributed by atoms with Gasteiger partial charge >= 0.3 is 0 Å². The second-order valence-electron chi connectivity index (χ2n) is 6.51. The zero-order valence-corrected chi connectivity index (χ0v) is 14.0. The molecule has 2 rings (SSSR count). The molecule has 1 aromatic rings. The molecule has 120 valence electrons. The van der Waals surface area contributed by atoms with Crippen molar-refractivity contribution in [2.75, 3.05) is 33.2 Å². The van der Waals surface area contributed by atoms with Crippen molar-refractivity contribution < 1.29 is 0 Å². The summed E-state index contributed by atoms with van der Waals surface area (Å²) in [7, 11) is 2.22. The summed E-state index contributed by atoms with van der Waals surface area (Å²) in [5.74, 6) is 0. The fourth-order valence-electron chi connectivity index (χ4n) is 3.31. The van der Waals surface area contributed by atoms with Crippen molar-refractivity contribution in [2.24, 2.45) is 5.73 Å². The number of rotatable bonds is 5. The molecule has 2 atom stereocenters. The summed E-state index contributed by atoms with van der Waals surface area (Å²) in [4.78, 5) is 5.05. The van der Waals surface area contributed by atoms with Crippen molar-refractivity contribution in [2.45, 2.75) is 51.7 Å². The van der Waals surface area contributed by atoms with Crippen molar-refractivity contribution in [3.8, 4) is 0 Å². The molecule has 2 heterocycles. The first-order chi connectivity index (χ1) is 10.1. The standard InChI is InChI=1S/C16H31N5/c1-5-15-12-19(4)7-6-8-20(15)16(9-17)14-10-18-21(11-14)13(2)3/h10-11,13,15-16H,5-9,12,17H2,1-4H3. The molecule has 1 aliphatic heterocycles. The van der Waals surface area contributed by atoms with Gasteiger partial charge in [-0.1, -0.05) is 6.92 Å². The molecule has 0 radical (unpaired) electrons. The van der Waals surface area contributed by atoms with E-state index in [1.54, 1.807) is 0 Å². The fourth-order valence-corrected chi connectivity index (χ4v) is 3.31. The first-order valence-electron chi connectivity index (χ1n) is 8.25. The summed E-state index contributed by atoms with van der Waals surface area (Å²) < 4.78 is 2.03. The van der Waals surface area contributed by atoms with Crippen molar-refractivity contribution in [3.63, 3.8) is 0 Å². The van der Waals surface area contributed by atoms with Gasteiger partial charge in [0.1, 0.15) is 0 Å². The van der Waals surface area contributed by atoms with Crippen LogP contribution in [0.3, 0.4) is 0 Å². The zero-order valence-electron chi connectivity index (χ0n) is 14.0. The Kier molecular flexibility index (Phi) is 5.79. The zero-order chi connectivity index (χ0) is 15.4. The van der Waals surface area contributed by atoms with E-state index in [-0.39, 0.29) is 6.04 Å². The van der Waals surface area contributed by atoms with E-state index >= 15 is 0 Å². The SMILES string of the molecule is CCC1CN(C)CCCN1C(CN)c1cnn(C(C)C)c1. The van der Waals surface area contributed by atoms with Crippen LogP contribution in [0.5, 0.6) is 0 Å². The second-order valence-corrected chi connectivity index (χ2v) is 6.51. The minimum atomic E-state index is 0.286. The van der Waals surface area contributed by atoms with Crippen LogP contribution in [0.15, 0.2) is 12.4 Å². The Morgan fingerprint density at radius 1 is 1.38 bits per heavy atom. The Balaban J connectivity index is 2.20. The van der Waals surface area contributed by atoms with Crippen LogP contribution in [0, 0.1) is 0 Å². The topological polar surface area (TPSA) is 50.3 Å². The molecular formula is C16H31N5. The van der Waals surface area contributed by atoms with Crippen LogP contribution >= 0.6 is 0 Å². The normalized spacial score (nSPS) is 23.4. The van der Waals surface area contributed by atoms with Crippen molar-refractivity contribution >= 4 is 0 Å². The molecule has 5 heteroatoms. The van der Waals surface area contributed by atoms with Gasteiger partial charge in [0.2, 0.25) is 0 Å². The number of aromatic nitrogens is 2. The highest BCUT2D eigenvalue weighted by Gasteiger charge is 2.29. The molecule has 2 unspecified atom stereocenters. The van der Waals surface area contributed by atoms with Gasteiger partial charge in [-0.2, -0.15) is 5.10 Å². The molecule has 0 aromatic carbocycles. The molecule has 1 aliphatic rings. The van der Waals surface area contributed by atoms with E-state index in [0.29, 0.717) is 18.6 Å². The van der Waals surface area contributed by atoms with Crippen molar-refractivity contribution in [3.05, 3.63) is 18.0 Å². The summed E-state index contributed by atoms with van der Waals surface area (Å²) >= 11 is 0. The third kappa shape index (κ3) is 3.84. The Bertz CT molecular complexity index is 428. The van der Waals surface area contributed by atoms with Crippen LogP contribution < -0.4 is 5.73 Å². The van der Waals surface area contributed by atoms with E-state index in [4.69, 9.17) is 5.73 Å². The van der Waals surface area contributed by atoms with Crippen molar-refractivity contribution in [1.82, 2.24) is 19.6 Å². The average molecular weight is 293 g/mol. The molecule has 0 spiro atoms. The monoisotopic (exact) mass is 293 g/mol. The highest BCUT2D eigenvalue weighted by atomic mass is 15.3. The maximum Gasteiger partial charge on any atom is 0.0538 e. The van der Waals surface area contributed by atoms with Gasteiger partial charge in [-0.25, -0.2) is 0 Å². The van der Waals surface area contributed by atoms with Gasteiger partial charge in [0, 0.05) is 43.5 Å². The molecule has 1 aromatic heterocycles. The summed E-state index contributed by atoms with van der Waals surface area (Å²) in [6.45, 7) is 10.7. The third-order valence-electron chi connectivity index (χ3n) is 4.58. The summed E-state index contributed by atoms with van der Waals surface area (Å²) in [5.41, 5.74) is 7.39. The lowest BCUT2D eigenvalue weighted by Crippen LogP contribution is -2.44. The minimum Gasteiger partial charge on any atom is -0.329 e. The van der Waals surface area contributed by atoms with Gasteiger partial charge in [0.05, 0.1) is 12.2 Å². The Morgan fingerprint density at radius 3 is 2.71 bits per heavy atom. The van der Waals surface area contributed by atoms with Gasteiger partial charge in [-0.3, -0.25) is 9.58 Å².